The van der Waals surface area contributed by atoms with Crippen molar-refractivity contribution in [2.24, 2.45) is 0 Å². The molecule has 1 heterocycles. The molecule has 0 saturated heterocycles. The molecule has 0 radical (unpaired) electrons. The van der Waals surface area contributed by atoms with Gasteiger partial charge in [-0.1, -0.05) is 13.8 Å². The van der Waals surface area contributed by atoms with Crippen LogP contribution in [-0.2, 0) is 0 Å². The van der Waals surface area contributed by atoms with E-state index in [0.717, 1.165) is 28.8 Å². The molecule has 3 heteroatoms. The van der Waals surface area contributed by atoms with Crippen LogP contribution in [0, 0.1) is 6.92 Å². The lowest BCUT2D eigenvalue weighted by Gasteiger charge is -2.05. The largest absolute Gasteiger partial charge is 0.298 e. The minimum Gasteiger partial charge on any atom is -0.298 e. The summed E-state index contributed by atoms with van der Waals surface area (Å²) in [5.74, 6) is 0.423. The van der Waals surface area contributed by atoms with Gasteiger partial charge in [0.1, 0.15) is 6.29 Å². The topological polar surface area (TPSA) is 34.9 Å². The van der Waals surface area contributed by atoms with E-state index >= 15 is 0 Å². The Morgan fingerprint density at radius 2 is 2.06 bits per heavy atom. The first-order valence-electron chi connectivity index (χ1n) is 5.73. The molecular formula is C14H16N2O. The Kier molecular flexibility index (Phi) is 3.09. The molecule has 0 saturated carbocycles. The molecule has 88 valence electrons. The molecule has 0 bridgehead atoms. The van der Waals surface area contributed by atoms with Crippen LogP contribution in [0.15, 0.2) is 30.5 Å². The standard InChI is InChI=1S/C14H16N2O/c1-10(2)14-6-7-16(15-14)13-5-4-12(9-17)11(3)8-13/h4-10H,1-3H3. The molecule has 17 heavy (non-hydrogen) atoms. The third-order valence-electron chi connectivity index (χ3n) is 2.85. The van der Waals surface area contributed by atoms with Crippen molar-refractivity contribution in [3.05, 3.63) is 47.3 Å². The fraction of sp³-hybridized carbons (Fsp3) is 0.286. The van der Waals surface area contributed by atoms with Crippen molar-refractivity contribution in [1.82, 2.24) is 9.78 Å². The third kappa shape index (κ3) is 2.28. The van der Waals surface area contributed by atoms with Crippen LogP contribution < -0.4 is 0 Å². The zero-order chi connectivity index (χ0) is 12.4. The number of hydrogen-bond donors (Lipinski definition) is 0. The van der Waals surface area contributed by atoms with Gasteiger partial charge < -0.3 is 0 Å². The van der Waals surface area contributed by atoms with Crippen molar-refractivity contribution in [3.8, 4) is 5.69 Å². The number of hydrogen-bond acceptors (Lipinski definition) is 2. The van der Waals surface area contributed by atoms with E-state index in [-0.39, 0.29) is 0 Å². The summed E-state index contributed by atoms with van der Waals surface area (Å²) in [5, 5.41) is 4.50. The van der Waals surface area contributed by atoms with Crippen molar-refractivity contribution in [3.63, 3.8) is 0 Å². The van der Waals surface area contributed by atoms with Crippen molar-refractivity contribution in [1.29, 1.82) is 0 Å². The highest BCUT2D eigenvalue weighted by molar-refractivity contribution is 5.77. The molecule has 3 nitrogen and oxygen atoms in total. The number of carbonyl (C=O) groups is 1. The Balaban J connectivity index is 2.39. The second kappa shape index (κ2) is 4.53. The number of aldehydes is 1. The van der Waals surface area contributed by atoms with Gasteiger partial charge in [0.25, 0.3) is 0 Å². The average Bonchev–Trinajstić information content (AvgIpc) is 2.78. The number of nitrogens with zero attached hydrogens (tertiary/aromatic N) is 2. The van der Waals surface area contributed by atoms with Crippen molar-refractivity contribution >= 4 is 6.29 Å². The number of benzene rings is 1. The van der Waals surface area contributed by atoms with Crippen LogP contribution in [0.2, 0.25) is 0 Å². The van der Waals surface area contributed by atoms with Crippen molar-refractivity contribution < 1.29 is 4.79 Å². The van der Waals surface area contributed by atoms with Gasteiger partial charge in [-0.3, -0.25) is 4.79 Å². The predicted octanol–water partition coefficient (Wildman–Crippen LogP) is 3.12. The van der Waals surface area contributed by atoms with E-state index in [9.17, 15) is 4.79 Å². The molecule has 0 N–H and O–H groups in total. The van der Waals surface area contributed by atoms with E-state index in [4.69, 9.17) is 0 Å². The highest BCUT2D eigenvalue weighted by Gasteiger charge is 2.05. The molecule has 0 aliphatic carbocycles. The monoisotopic (exact) mass is 228 g/mol. The van der Waals surface area contributed by atoms with Gasteiger partial charge >= 0.3 is 0 Å². The van der Waals surface area contributed by atoms with Gasteiger partial charge in [0, 0.05) is 11.8 Å². The average molecular weight is 228 g/mol. The first-order valence-corrected chi connectivity index (χ1v) is 5.73. The highest BCUT2D eigenvalue weighted by Crippen LogP contribution is 2.16. The molecular weight excluding hydrogens is 212 g/mol. The van der Waals surface area contributed by atoms with E-state index in [0.29, 0.717) is 5.92 Å². The maximum atomic E-state index is 10.7. The molecule has 1 aromatic heterocycles. The van der Waals surface area contributed by atoms with Gasteiger partial charge in [0.05, 0.1) is 11.4 Å². The third-order valence-corrected chi connectivity index (χ3v) is 2.85. The van der Waals surface area contributed by atoms with Gasteiger partial charge in [0.15, 0.2) is 0 Å². The summed E-state index contributed by atoms with van der Waals surface area (Å²) < 4.78 is 1.84. The van der Waals surface area contributed by atoms with Gasteiger partial charge in [-0.25, -0.2) is 4.68 Å². The van der Waals surface area contributed by atoms with Crippen LogP contribution in [-0.4, -0.2) is 16.1 Å². The minimum absolute atomic E-state index is 0.423. The molecule has 2 rings (SSSR count). The van der Waals surface area contributed by atoms with Crippen LogP contribution in [0.4, 0.5) is 0 Å². The van der Waals surface area contributed by atoms with Crippen LogP contribution in [0.3, 0.4) is 0 Å². The quantitative estimate of drug-likeness (QED) is 0.756. The molecule has 0 aliphatic rings. The van der Waals surface area contributed by atoms with Crippen LogP contribution >= 0.6 is 0 Å². The Labute approximate surface area is 101 Å². The normalized spacial score (nSPS) is 10.8. The summed E-state index contributed by atoms with van der Waals surface area (Å²) in [6.07, 6.45) is 2.83. The number of aryl methyl sites for hydroxylation is 1. The smallest absolute Gasteiger partial charge is 0.150 e. The Morgan fingerprint density at radius 1 is 1.29 bits per heavy atom. The summed E-state index contributed by atoms with van der Waals surface area (Å²) in [7, 11) is 0. The number of aromatic nitrogens is 2. The first kappa shape index (κ1) is 11.6. The van der Waals surface area contributed by atoms with E-state index in [1.165, 1.54) is 0 Å². The molecule has 0 amide bonds. The molecule has 2 aromatic rings. The fourth-order valence-corrected chi connectivity index (χ4v) is 1.72. The zero-order valence-electron chi connectivity index (χ0n) is 10.3. The van der Waals surface area contributed by atoms with Gasteiger partial charge in [-0.15, -0.1) is 0 Å². The maximum absolute atomic E-state index is 10.7. The number of carbonyl (C=O) groups excluding carboxylic acids is 1. The summed E-state index contributed by atoms with van der Waals surface area (Å²) in [6, 6.07) is 7.73. The van der Waals surface area contributed by atoms with Crippen LogP contribution in [0.5, 0.6) is 0 Å². The van der Waals surface area contributed by atoms with E-state index in [2.05, 4.69) is 18.9 Å². The predicted molar refractivity (Wildman–Crippen MR) is 67.8 cm³/mol. The van der Waals surface area contributed by atoms with E-state index in [1.807, 2.05) is 42.1 Å². The fourth-order valence-electron chi connectivity index (χ4n) is 1.72. The summed E-state index contributed by atoms with van der Waals surface area (Å²) in [4.78, 5) is 10.7. The Bertz CT molecular complexity index is 541. The lowest BCUT2D eigenvalue weighted by Crippen LogP contribution is -1.98. The second-order valence-electron chi connectivity index (χ2n) is 4.50. The SMILES string of the molecule is Cc1cc(-n2ccc(C(C)C)n2)ccc1C=O. The van der Waals surface area contributed by atoms with Gasteiger partial charge in [-0.05, 0) is 42.7 Å². The van der Waals surface area contributed by atoms with E-state index < -0.39 is 0 Å². The van der Waals surface area contributed by atoms with Gasteiger partial charge in [-0.2, -0.15) is 5.10 Å². The van der Waals surface area contributed by atoms with Gasteiger partial charge in [0.2, 0.25) is 0 Å². The summed E-state index contributed by atoms with van der Waals surface area (Å²) in [6.45, 7) is 6.17. The lowest BCUT2D eigenvalue weighted by molar-refractivity contribution is 0.112. The summed E-state index contributed by atoms with van der Waals surface area (Å²) >= 11 is 0. The second-order valence-corrected chi connectivity index (χ2v) is 4.50. The van der Waals surface area contributed by atoms with E-state index in [1.54, 1.807) is 0 Å². The zero-order valence-corrected chi connectivity index (χ0v) is 10.3. The lowest BCUT2D eigenvalue weighted by atomic mass is 10.1. The molecule has 0 aliphatic heterocycles. The molecule has 0 atom stereocenters. The van der Waals surface area contributed by atoms with Crippen LogP contribution in [0.25, 0.3) is 5.69 Å². The Hall–Kier alpha value is -1.90. The maximum Gasteiger partial charge on any atom is 0.150 e. The molecule has 0 unspecified atom stereocenters. The molecule has 0 spiro atoms. The molecule has 1 aromatic carbocycles. The minimum atomic E-state index is 0.423. The van der Waals surface area contributed by atoms with Crippen molar-refractivity contribution in [2.75, 3.05) is 0 Å². The highest BCUT2D eigenvalue weighted by atomic mass is 16.1. The van der Waals surface area contributed by atoms with Crippen molar-refractivity contribution in [2.45, 2.75) is 26.7 Å². The van der Waals surface area contributed by atoms with Crippen LogP contribution in [0.1, 0.15) is 41.4 Å². The summed E-state index contributed by atoms with van der Waals surface area (Å²) in [5.41, 5.74) is 3.76. The Morgan fingerprint density at radius 3 is 2.59 bits per heavy atom. The first-order chi connectivity index (χ1) is 8.11. The number of rotatable bonds is 3. The molecule has 0 fully saturated rings.